The summed E-state index contributed by atoms with van der Waals surface area (Å²) in [6, 6.07) is 0. The zero-order valence-corrected chi connectivity index (χ0v) is 11.1. The summed E-state index contributed by atoms with van der Waals surface area (Å²) in [6.45, 7) is 1.29. The lowest BCUT2D eigenvalue weighted by Crippen LogP contribution is -2.61. The fraction of sp³-hybridized carbons (Fsp3) is 0.636. The van der Waals surface area contributed by atoms with Crippen LogP contribution in [0.1, 0.15) is 11.8 Å². The highest BCUT2D eigenvalue weighted by Gasteiger charge is 2.64. The molecule has 0 unspecified atom stereocenters. The smallest absolute Gasteiger partial charge is 0.330 e. The molecule has 2 N–H and O–H groups in total. The molecule has 0 aromatic carbocycles. The number of aromatic amines is 1. The van der Waals surface area contributed by atoms with Gasteiger partial charge in [0, 0.05) is 16.7 Å². The number of H-pyrrole nitrogens is 1. The number of fused-ring (bicyclic) bond motifs is 1. The molecule has 2 aliphatic rings. The molecule has 10 heteroatoms. The maximum Gasteiger partial charge on any atom is 0.330 e. The third-order valence-corrected chi connectivity index (χ3v) is 3.92. The van der Waals surface area contributed by atoms with Crippen LogP contribution in [0, 0.1) is 6.92 Å². The van der Waals surface area contributed by atoms with E-state index in [4.69, 9.17) is 15.0 Å². The number of ether oxygens (including phenoxy) is 2. The van der Waals surface area contributed by atoms with Crippen molar-refractivity contribution < 1.29 is 14.6 Å². The van der Waals surface area contributed by atoms with Gasteiger partial charge in [-0.1, -0.05) is 5.11 Å². The van der Waals surface area contributed by atoms with Crippen LogP contribution in [0.25, 0.3) is 10.4 Å². The molecule has 2 fully saturated rings. The first-order valence-corrected chi connectivity index (χ1v) is 6.30. The molecule has 10 nitrogen and oxygen atoms in total. The highest BCUT2D eigenvalue weighted by atomic mass is 16.6. The minimum Gasteiger partial charge on any atom is -0.394 e. The number of nitrogens with one attached hydrogen (secondary N) is 1. The van der Waals surface area contributed by atoms with Gasteiger partial charge >= 0.3 is 5.69 Å². The van der Waals surface area contributed by atoms with Gasteiger partial charge in [-0.3, -0.25) is 14.3 Å². The first-order valence-electron chi connectivity index (χ1n) is 6.30. The van der Waals surface area contributed by atoms with Crippen LogP contribution in [0.5, 0.6) is 0 Å². The van der Waals surface area contributed by atoms with Gasteiger partial charge in [-0.2, -0.15) is 0 Å². The molecule has 3 heterocycles. The van der Waals surface area contributed by atoms with Gasteiger partial charge in [0.2, 0.25) is 0 Å². The fourth-order valence-corrected chi connectivity index (χ4v) is 2.73. The van der Waals surface area contributed by atoms with Crippen LogP contribution < -0.4 is 11.2 Å². The van der Waals surface area contributed by atoms with Crippen LogP contribution in [0.15, 0.2) is 20.9 Å². The molecule has 4 atom stereocenters. The maximum atomic E-state index is 11.9. The Balaban J connectivity index is 2.06. The summed E-state index contributed by atoms with van der Waals surface area (Å²) in [7, 11) is 0. The van der Waals surface area contributed by atoms with Crippen molar-refractivity contribution in [2.45, 2.75) is 30.9 Å². The molecule has 0 aliphatic carbocycles. The maximum absolute atomic E-state index is 11.9. The Morgan fingerprint density at radius 3 is 3.00 bits per heavy atom. The number of aliphatic hydroxyl groups excluding tert-OH is 1. The van der Waals surface area contributed by atoms with Gasteiger partial charge in [-0.05, 0) is 12.5 Å². The van der Waals surface area contributed by atoms with Crippen molar-refractivity contribution in [3.05, 3.63) is 43.0 Å². The van der Waals surface area contributed by atoms with E-state index in [1.165, 1.54) is 10.8 Å². The van der Waals surface area contributed by atoms with E-state index < -0.39 is 35.2 Å². The zero-order valence-electron chi connectivity index (χ0n) is 11.1. The van der Waals surface area contributed by atoms with Gasteiger partial charge in [0.15, 0.2) is 6.23 Å². The summed E-state index contributed by atoms with van der Waals surface area (Å²) >= 11 is 0. The second-order valence-corrected chi connectivity index (χ2v) is 5.09. The van der Waals surface area contributed by atoms with Gasteiger partial charge < -0.3 is 14.6 Å². The molecule has 0 amide bonds. The topological polar surface area (TPSA) is 142 Å². The van der Waals surface area contributed by atoms with E-state index in [2.05, 4.69) is 15.0 Å². The highest BCUT2D eigenvalue weighted by molar-refractivity contribution is 5.16. The summed E-state index contributed by atoms with van der Waals surface area (Å²) in [4.78, 5) is 28.3. The Hall–Kier alpha value is -2.13. The second kappa shape index (κ2) is 4.71. The number of hydrogen-bond acceptors (Lipinski definition) is 6. The Labute approximate surface area is 117 Å². The summed E-state index contributed by atoms with van der Waals surface area (Å²) in [5.74, 6) is 0. The second-order valence-electron chi connectivity index (χ2n) is 5.09. The normalized spacial score (nSPS) is 33.9. The summed E-state index contributed by atoms with van der Waals surface area (Å²) < 4.78 is 12.2. The van der Waals surface area contributed by atoms with Crippen molar-refractivity contribution >= 4 is 0 Å². The van der Waals surface area contributed by atoms with Crippen molar-refractivity contribution in [3.63, 3.8) is 0 Å². The van der Waals surface area contributed by atoms with Gasteiger partial charge in [-0.15, -0.1) is 0 Å². The first kappa shape index (κ1) is 13.8. The third-order valence-electron chi connectivity index (χ3n) is 3.92. The van der Waals surface area contributed by atoms with E-state index in [0.717, 1.165) is 0 Å². The Morgan fingerprint density at radius 1 is 1.67 bits per heavy atom. The minimum absolute atomic E-state index is 0.112. The molecule has 0 bridgehead atoms. The molecular weight excluding hydrogens is 282 g/mol. The van der Waals surface area contributed by atoms with Crippen LogP contribution in [0.4, 0.5) is 0 Å². The Kier molecular flexibility index (Phi) is 3.10. The standard InChI is InChI=1S/C11H13N5O5/c1-5-2-16(10(19)13-8(5)18)9-7-11(4-20-7,14-15-12)6(3-17)21-9/h2,6-7,9,17H,3-4H2,1H3,(H,13,18,19)/t6-,7+,9+,11-/m1/s1. The molecule has 21 heavy (non-hydrogen) atoms. The van der Waals surface area contributed by atoms with Gasteiger partial charge in [0.05, 0.1) is 19.3 Å². The van der Waals surface area contributed by atoms with Crippen LogP contribution in [-0.2, 0) is 9.47 Å². The van der Waals surface area contributed by atoms with E-state index in [9.17, 15) is 14.7 Å². The number of aliphatic hydroxyl groups is 1. The van der Waals surface area contributed by atoms with Crippen molar-refractivity contribution in [2.24, 2.45) is 5.11 Å². The molecule has 2 saturated heterocycles. The quantitative estimate of drug-likeness (QED) is 0.425. The minimum atomic E-state index is -1.03. The summed E-state index contributed by atoms with van der Waals surface area (Å²) in [5.41, 5.74) is 6.87. The molecule has 1 aromatic heterocycles. The molecule has 2 aliphatic heterocycles. The number of azide groups is 1. The third kappa shape index (κ3) is 1.81. The van der Waals surface area contributed by atoms with Gasteiger partial charge in [0.25, 0.3) is 5.56 Å². The largest absolute Gasteiger partial charge is 0.394 e. The summed E-state index contributed by atoms with van der Waals surface area (Å²) in [6.07, 6.45) is -0.969. The Bertz CT molecular complexity index is 735. The molecule has 0 radical (unpaired) electrons. The fourth-order valence-electron chi connectivity index (χ4n) is 2.73. The van der Waals surface area contributed by atoms with Crippen LogP contribution >= 0.6 is 0 Å². The van der Waals surface area contributed by atoms with Crippen molar-refractivity contribution in [1.29, 1.82) is 0 Å². The van der Waals surface area contributed by atoms with Gasteiger partial charge in [-0.25, -0.2) is 4.79 Å². The lowest BCUT2D eigenvalue weighted by atomic mass is 9.85. The lowest BCUT2D eigenvalue weighted by molar-refractivity contribution is -0.138. The van der Waals surface area contributed by atoms with Crippen molar-refractivity contribution in [1.82, 2.24) is 9.55 Å². The van der Waals surface area contributed by atoms with E-state index in [0.29, 0.717) is 5.56 Å². The van der Waals surface area contributed by atoms with E-state index >= 15 is 0 Å². The van der Waals surface area contributed by atoms with E-state index in [1.54, 1.807) is 6.92 Å². The predicted octanol–water partition coefficient (Wildman–Crippen LogP) is -0.817. The molecular formula is C11H13N5O5. The lowest BCUT2D eigenvalue weighted by Gasteiger charge is -2.42. The highest BCUT2D eigenvalue weighted by Crippen LogP contribution is 2.48. The molecule has 1 aromatic rings. The van der Waals surface area contributed by atoms with Crippen molar-refractivity contribution in [2.75, 3.05) is 13.2 Å². The number of hydrogen-bond donors (Lipinski definition) is 2. The van der Waals surface area contributed by atoms with Gasteiger partial charge in [0.1, 0.15) is 11.6 Å². The van der Waals surface area contributed by atoms with E-state index in [1.807, 2.05) is 0 Å². The summed E-state index contributed by atoms with van der Waals surface area (Å²) in [5, 5.41) is 13.1. The van der Waals surface area contributed by atoms with Crippen LogP contribution in [-0.4, -0.2) is 45.6 Å². The van der Waals surface area contributed by atoms with Crippen LogP contribution in [0.2, 0.25) is 0 Å². The molecule has 0 saturated carbocycles. The first-order chi connectivity index (χ1) is 10.0. The van der Waals surface area contributed by atoms with Crippen molar-refractivity contribution in [3.8, 4) is 0 Å². The number of rotatable bonds is 3. The molecule has 3 rings (SSSR count). The monoisotopic (exact) mass is 295 g/mol. The number of aromatic nitrogens is 2. The zero-order chi connectivity index (χ0) is 15.2. The van der Waals surface area contributed by atoms with E-state index in [-0.39, 0.29) is 13.2 Å². The predicted molar refractivity (Wildman–Crippen MR) is 68.7 cm³/mol. The van der Waals surface area contributed by atoms with Crippen LogP contribution in [0.3, 0.4) is 0 Å². The number of aryl methyl sites for hydroxylation is 1. The average molecular weight is 295 g/mol. The molecule has 112 valence electrons. The number of nitrogens with zero attached hydrogens (tertiary/aromatic N) is 4. The SMILES string of the molecule is Cc1cn([C@H]2O[C@H](CO)[C@]3(N=[N+]=[N-])CO[C@@H]23)c(=O)[nH]c1=O. The Morgan fingerprint density at radius 2 is 2.43 bits per heavy atom. The average Bonchev–Trinajstić information content (AvgIpc) is 2.63. The molecule has 0 spiro atoms.